The number of anilines is 1. The van der Waals surface area contributed by atoms with E-state index in [9.17, 15) is 14.9 Å². The number of ether oxygens (including phenoxy) is 2. The Morgan fingerprint density at radius 3 is 2.74 bits per heavy atom. The molecule has 19 heavy (non-hydrogen) atoms. The summed E-state index contributed by atoms with van der Waals surface area (Å²) in [7, 11) is 2.34. The molecule has 0 fully saturated rings. The molecule has 1 heterocycles. The third-order valence-corrected chi connectivity index (χ3v) is 2.14. The standard InChI is InChI=1S/C9H12N4O6/c1-18-8-6(13(16)17)7(10-4-11-8)12-5(3-14)9(15)19-2/h4-5,14H,3H2,1-2H3,(H,10,11,12). The van der Waals surface area contributed by atoms with Gasteiger partial charge in [0.2, 0.25) is 5.82 Å². The van der Waals surface area contributed by atoms with Gasteiger partial charge in [-0.3, -0.25) is 10.1 Å². The van der Waals surface area contributed by atoms with Crippen molar-refractivity contribution in [2.45, 2.75) is 6.04 Å². The number of carbonyl (C=O) groups is 1. The highest BCUT2D eigenvalue weighted by Gasteiger charge is 2.28. The molecule has 0 amide bonds. The van der Waals surface area contributed by atoms with E-state index >= 15 is 0 Å². The van der Waals surface area contributed by atoms with E-state index in [4.69, 9.17) is 9.84 Å². The molecule has 0 aliphatic heterocycles. The van der Waals surface area contributed by atoms with Crippen LogP contribution in [0.2, 0.25) is 0 Å². The molecule has 1 rings (SSSR count). The number of hydrogen-bond acceptors (Lipinski definition) is 9. The Labute approximate surface area is 107 Å². The van der Waals surface area contributed by atoms with Crippen molar-refractivity contribution >= 4 is 17.5 Å². The lowest BCUT2D eigenvalue weighted by atomic mass is 10.3. The Hall–Kier alpha value is -2.49. The van der Waals surface area contributed by atoms with Crippen molar-refractivity contribution in [1.29, 1.82) is 0 Å². The highest BCUT2D eigenvalue weighted by molar-refractivity contribution is 5.80. The van der Waals surface area contributed by atoms with Gasteiger partial charge in [-0.15, -0.1) is 0 Å². The molecule has 10 nitrogen and oxygen atoms in total. The number of aromatic nitrogens is 2. The van der Waals surface area contributed by atoms with E-state index in [1.807, 2.05) is 0 Å². The lowest BCUT2D eigenvalue weighted by molar-refractivity contribution is -0.385. The summed E-state index contributed by atoms with van der Waals surface area (Å²) >= 11 is 0. The molecule has 104 valence electrons. The zero-order valence-corrected chi connectivity index (χ0v) is 10.2. The van der Waals surface area contributed by atoms with E-state index in [0.29, 0.717) is 0 Å². The fraction of sp³-hybridized carbons (Fsp3) is 0.444. The first-order valence-electron chi connectivity index (χ1n) is 5.03. The van der Waals surface area contributed by atoms with Gasteiger partial charge in [-0.25, -0.2) is 9.78 Å². The Morgan fingerprint density at radius 1 is 1.58 bits per heavy atom. The minimum absolute atomic E-state index is 0.249. The predicted molar refractivity (Wildman–Crippen MR) is 61.8 cm³/mol. The number of nitro groups is 1. The molecule has 0 radical (unpaired) electrons. The van der Waals surface area contributed by atoms with Crippen LogP contribution in [0.3, 0.4) is 0 Å². The van der Waals surface area contributed by atoms with Crippen molar-refractivity contribution in [1.82, 2.24) is 9.97 Å². The zero-order valence-electron chi connectivity index (χ0n) is 10.2. The number of hydrogen-bond donors (Lipinski definition) is 2. The Bertz CT molecular complexity index is 480. The Morgan fingerprint density at radius 2 is 2.26 bits per heavy atom. The first-order valence-corrected chi connectivity index (χ1v) is 5.03. The maximum Gasteiger partial charge on any atom is 0.372 e. The molecule has 0 spiro atoms. The fourth-order valence-corrected chi connectivity index (χ4v) is 1.27. The molecule has 0 bridgehead atoms. The van der Waals surface area contributed by atoms with E-state index in [-0.39, 0.29) is 11.7 Å². The molecule has 1 atom stereocenters. The molecular formula is C9H12N4O6. The van der Waals surface area contributed by atoms with Crippen molar-refractivity contribution in [3.8, 4) is 5.88 Å². The van der Waals surface area contributed by atoms with Crippen molar-refractivity contribution < 1.29 is 24.3 Å². The molecule has 0 saturated carbocycles. The molecule has 2 N–H and O–H groups in total. The second-order valence-corrected chi connectivity index (χ2v) is 3.24. The quantitative estimate of drug-likeness (QED) is 0.392. The third-order valence-electron chi connectivity index (χ3n) is 2.14. The molecule has 0 aromatic carbocycles. The molecule has 0 saturated heterocycles. The van der Waals surface area contributed by atoms with Gasteiger partial charge >= 0.3 is 11.7 Å². The lowest BCUT2D eigenvalue weighted by Gasteiger charge is -2.14. The summed E-state index contributed by atoms with van der Waals surface area (Å²) in [6.45, 7) is -0.615. The van der Waals surface area contributed by atoms with Crippen LogP contribution in [-0.2, 0) is 9.53 Å². The number of carbonyl (C=O) groups excluding carboxylic acids is 1. The number of esters is 1. The van der Waals surface area contributed by atoms with E-state index in [2.05, 4.69) is 20.0 Å². The van der Waals surface area contributed by atoms with Crippen LogP contribution in [0.4, 0.5) is 11.5 Å². The summed E-state index contributed by atoms with van der Waals surface area (Å²) in [5, 5.41) is 22.4. The van der Waals surface area contributed by atoms with Gasteiger partial charge in [0, 0.05) is 0 Å². The van der Waals surface area contributed by atoms with Gasteiger partial charge in [-0.05, 0) is 0 Å². The summed E-state index contributed by atoms with van der Waals surface area (Å²) in [6.07, 6.45) is 1.03. The summed E-state index contributed by atoms with van der Waals surface area (Å²) in [5.41, 5.74) is -0.535. The topological polar surface area (TPSA) is 137 Å². The Kier molecular flexibility index (Phi) is 4.94. The SMILES string of the molecule is COC(=O)C(CO)Nc1ncnc(OC)c1[N+](=O)[O-]. The first-order chi connectivity index (χ1) is 9.04. The summed E-state index contributed by atoms with van der Waals surface area (Å²) in [4.78, 5) is 28.7. The van der Waals surface area contributed by atoms with Crippen LogP contribution in [0.1, 0.15) is 0 Å². The highest BCUT2D eigenvalue weighted by atomic mass is 16.6. The molecule has 1 unspecified atom stereocenters. The number of nitrogens with one attached hydrogen (secondary N) is 1. The normalized spacial score (nSPS) is 11.5. The van der Waals surface area contributed by atoms with Crippen molar-refractivity contribution in [2.24, 2.45) is 0 Å². The maximum atomic E-state index is 11.3. The number of aliphatic hydroxyl groups is 1. The van der Waals surface area contributed by atoms with Crippen LogP contribution in [0.5, 0.6) is 5.88 Å². The number of aliphatic hydroxyl groups excluding tert-OH is 1. The van der Waals surface area contributed by atoms with Gasteiger partial charge in [-0.2, -0.15) is 4.98 Å². The van der Waals surface area contributed by atoms with Gasteiger partial charge in [0.15, 0.2) is 0 Å². The third kappa shape index (κ3) is 3.25. The van der Waals surface area contributed by atoms with Crippen molar-refractivity contribution in [3.05, 3.63) is 16.4 Å². The van der Waals surface area contributed by atoms with Crippen LogP contribution in [-0.4, -0.2) is 52.8 Å². The second kappa shape index (κ2) is 6.44. The van der Waals surface area contributed by atoms with Gasteiger partial charge in [0.25, 0.3) is 5.88 Å². The van der Waals surface area contributed by atoms with E-state index < -0.39 is 29.2 Å². The van der Waals surface area contributed by atoms with Gasteiger partial charge in [-0.1, -0.05) is 0 Å². The fourth-order valence-electron chi connectivity index (χ4n) is 1.27. The van der Waals surface area contributed by atoms with Crippen molar-refractivity contribution in [3.63, 3.8) is 0 Å². The molecule has 0 aliphatic carbocycles. The highest BCUT2D eigenvalue weighted by Crippen LogP contribution is 2.30. The molecule has 1 aromatic heterocycles. The van der Waals surface area contributed by atoms with Crippen LogP contribution in [0.15, 0.2) is 6.33 Å². The lowest BCUT2D eigenvalue weighted by Crippen LogP contribution is -2.34. The van der Waals surface area contributed by atoms with E-state index in [0.717, 1.165) is 13.4 Å². The largest absolute Gasteiger partial charge is 0.476 e. The van der Waals surface area contributed by atoms with Crippen LogP contribution in [0.25, 0.3) is 0 Å². The van der Waals surface area contributed by atoms with Crippen LogP contribution in [0, 0.1) is 10.1 Å². The molecular weight excluding hydrogens is 260 g/mol. The zero-order chi connectivity index (χ0) is 14.4. The first kappa shape index (κ1) is 14.6. The maximum absolute atomic E-state index is 11.3. The average Bonchev–Trinajstić information content (AvgIpc) is 2.42. The summed E-state index contributed by atoms with van der Waals surface area (Å²) < 4.78 is 9.16. The average molecular weight is 272 g/mol. The Balaban J connectivity index is 3.12. The molecule has 10 heteroatoms. The number of methoxy groups -OCH3 is 2. The van der Waals surface area contributed by atoms with Crippen LogP contribution >= 0.6 is 0 Å². The molecule has 1 aromatic rings. The van der Waals surface area contributed by atoms with Gasteiger partial charge in [0.1, 0.15) is 12.4 Å². The smallest absolute Gasteiger partial charge is 0.372 e. The minimum Gasteiger partial charge on any atom is -0.476 e. The second-order valence-electron chi connectivity index (χ2n) is 3.24. The van der Waals surface area contributed by atoms with Crippen LogP contribution < -0.4 is 10.1 Å². The number of nitrogens with zero attached hydrogens (tertiary/aromatic N) is 3. The van der Waals surface area contributed by atoms with E-state index in [1.165, 1.54) is 7.11 Å². The number of rotatable bonds is 6. The monoisotopic (exact) mass is 272 g/mol. The van der Waals surface area contributed by atoms with Gasteiger partial charge in [0.05, 0.1) is 25.7 Å². The van der Waals surface area contributed by atoms with Gasteiger partial charge < -0.3 is 19.9 Å². The van der Waals surface area contributed by atoms with E-state index in [1.54, 1.807) is 0 Å². The summed E-state index contributed by atoms with van der Waals surface area (Å²) in [6, 6.07) is -1.18. The molecule has 0 aliphatic rings. The van der Waals surface area contributed by atoms with Crippen molar-refractivity contribution in [2.75, 3.05) is 26.1 Å². The minimum atomic E-state index is -1.18. The summed E-state index contributed by atoms with van der Waals surface area (Å²) in [5.74, 6) is -1.29. The predicted octanol–water partition coefficient (Wildman–Crippen LogP) is -0.661.